The van der Waals surface area contributed by atoms with Crippen molar-refractivity contribution in [2.75, 3.05) is 5.32 Å². The molecule has 8 heteroatoms. The van der Waals surface area contributed by atoms with Gasteiger partial charge in [-0.2, -0.15) is 13.2 Å². The van der Waals surface area contributed by atoms with Crippen LogP contribution in [0.5, 0.6) is 0 Å². The topological polar surface area (TPSA) is 59.3 Å². The summed E-state index contributed by atoms with van der Waals surface area (Å²) >= 11 is 1.78. The van der Waals surface area contributed by atoms with Crippen LogP contribution in [-0.4, -0.2) is 5.91 Å². The fourth-order valence-electron chi connectivity index (χ4n) is 3.12. The molecular formula is C23H13F3INO3. The quantitative estimate of drug-likeness (QED) is 0.246. The van der Waals surface area contributed by atoms with Crippen LogP contribution < -0.4 is 10.9 Å². The van der Waals surface area contributed by atoms with Crippen LogP contribution in [0.4, 0.5) is 18.9 Å². The lowest BCUT2D eigenvalue weighted by Gasteiger charge is -2.14. The molecule has 31 heavy (non-hydrogen) atoms. The average Bonchev–Trinajstić information content (AvgIpc) is 2.74. The molecule has 3 aromatic carbocycles. The Morgan fingerprint density at radius 3 is 2.35 bits per heavy atom. The predicted molar refractivity (Wildman–Crippen MR) is 120 cm³/mol. The minimum atomic E-state index is -4.60. The Labute approximate surface area is 187 Å². The Balaban J connectivity index is 1.62. The minimum absolute atomic E-state index is 0.153. The summed E-state index contributed by atoms with van der Waals surface area (Å²) in [5.74, 6) is -0.691. The Kier molecular flexibility index (Phi) is 5.57. The molecule has 0 spiro atoms. The van der Waals surface area contributed by atoms with E-state index in [-0.39, 0.29) is 11.3 Å². The van der Waals surface area contributed by atoms with Crippen molar-refractivity contribution in [3.63, 3.8) is 0 Å². The molecule has 0 atom stereocenters. The minimum Gasteiger partial charge on any atom is -0.422 e. The molecule has 0 bridgehead atoms. The molecule has 0 unspecified atom stereocenters. The largest absolute Gasteiger partial charge is 0.422 e. The number of para-hydroxylation sites is 1. The van der Waals surface area contributed by atoms with Crippen LogP contribution in [0.2, 0.25) is 0 Å². The third kappa shape index (κ3) is 4.48. The van der Waals surface area contributed by atoms with Crippen molar-refractivity contribution < 1.29 is 22.4 Å². The highest BCUT2D eigenvalue weighted by Gasteiger charge is 2.34. The number of carbonyl (C=O) groups excluding carboxylic acids is 1. The van der Waals surface area contributed by atoms with E-state index in [1.54, 1.807) is 52.9 Å². The van der Waals surface area contributed by atoms with Crippen molar-refractivity contribution in [1.29, 1.82) is 0 Å². The lowest BCUT2D eigenvalue weighted by molar-refractivity contribution is -0.137. The van der Waals surface area contributed by atoms with Gasteiger partial charge in [0.15, 0.2) is 0 Å². The zero-order valence-corrected chi connectivity index (χ0v) is 17.8. The maximum Gasteiger partial charge on any atom is 0.418 e. The fourth-order valence-corrected chi connectivity index (χ4v) is 3.61. The van der Waals surface area contributed by atoms with Crippen molar-refractivity contribution in [3.05, 3.63) is 97.9 Å². The first-order valence-corrected chi connectivity index (χ1v) is 10.1. The summed E-state index contributed by atoms with van der Waals surface area (Å²) in [6, 6.07) is 18.4. The molecule has 0 radical (unpaired) electrons. The molecule has 0 saturated heterocycles. The SMILES string of the molecule is O=C(Nc1ccc(I)cc1C(F)(F)F)c1ccc(-c2cc3ccccc3oc2=O)cc1. The van der Waals surface area contributed by atoms with Gasteiger partial charge in [-0.05, 0) is 70.6 Å². The van der Waals surface area contributed by atoms with E-state index < -0.39 is 23.3 Å². The first kappa shape index (κ1) is 21.1. The van der Waals surface area contributed by atoms with Gasteiger partial charge in [-0.1, -0.05) is 30.3 Å². The maximum absolute atomic E-state index is 13.3. The Bertz CT molecular complexity index is 1350. The first-order chi connectivity index (χ1) is 14.7. The third-order valence-electron chi connectivity index (χ3n) is 4.63. The highest BCUT2D eigenvalue weighted by atomic mass is 127. The number of carbonyl (C=O) groups is 1. The number of alkyl halides is 3. The molecule has 156 valence electrons. The van der Waals surface area contributed by atoms with E-state index >= 15 is 0 Å². The summed E-state index contributed by atoms with van der Waals surface area (Å²) < 4.78 is 45.6. The van der Waals surface area contributed by atoms with Gasteiger partial charge in [0, 0.05) is 14.5 Å². The van der Waals surface area contributed by atoms with Crippen molar-refractivity contribution >= 4 is 45.2 Å². The van der Waals surface area contributed by atoms with Crippen molar-refractivity contribution in [3.8, 4) is 11.1 Å². The number of amides is 1. The molecule has 4 rings (SSSR count). The van der Waals surface area contributed by atoms with Crippen LogP contribution in [0.15, 0.2) is 82.0 Å². The molecule has 4 aromatic rings. The van der Waals surface area contributed by atoms with Crippen LogP contribution in [0, 0.1) is 3.57 Å². The van der Waals surface area contributed by atoms with E-state index in [4.69, 9.17) is 4.42 Å². The number of halogens is 4. The normalized spacial score (nSPS) is 11.5. The molecule has 4 nitrogen and oxygen atoms in total. The molecule has 1 heterocycles. The van der Waals surface area contributed by atoms with E-state index in [0.717, 1.165) is 11.5 Å². The predicted octanol–water partition coefficient (Wildman–Crippen LogP) is 6.34. The molecular weight excluding hydrogens is 522 g/mol. The van der Waals surface area contributed by atoms with Crippen LogP contribution in [-0.2, 0) is 6.18 Å². The summed E-state index contributed by atoms with van der Waals surface area (Å²) in [5, 5.41) is 3.06. The zero-order valence-electron chi connectivity index (χ0n) is 15.7. The van der Waals surface area contributed by atoms with E-state index in [0.29, 0.717) is 20.3 Å². The van der Waals surface area contributed by atoms with E-state index in [2.05, 4.69) is 5.32 Å². The van der Waals surface area contributed by atoms with Crippen molar-refractivity contribution in [2.24, 2.45) is 0 Å². The summed E-state index contributed by atoms with van der Waals surface area (Å²) in [5.41, 5.74) is -0.297. The second kappa shape index (κ2) is 8.18. The first-order valence-electron chi connectivity index (χ1n) is 9.04. The second-order valence-electron chi connectivity index (χ2n) is 6.70. The lowest BCUT2D eigenvalue weighted by atomic mass is 10.0. The van der Waals surface area contributed by atoms with Crippen LogP contribution in [0.3, 0.4) is 0 Å². The summed E-state index contributed by atoms with van der Waals surface area (Å²) in [4.78, 5) is 24.8. The number of fused-ring (bicyclic) bond motifs is 1. The number of benzene rings is 3. The number of hydrogen-bond donors (Lipinski definition) is 1. The monoisotopic (exact) mass is 535 g/mol. The standard InChI is InChI=1S/C23H13F3INO3/c24-23(25,26)18-12-16(27)9-10-19(18)28-21(29)14-7-5-13(6-8-14)17-11-15-3-1-2-4-20(15)31-22(17)30/h1-12H,(H,28,29). The third-order valence-corrected chi connectivity index (χ3v) is 5.31. The molecule has 0 fully saturated rings. The van der Waals surface area contributed by atoms with Crippen LogP contribution >= 0.6 is 22.6 Å². The average molecular weight is 535 g/mol. The van der Waals surface area contributed by atoms with E-state index in [9.17, 15) is 22.8 Å². The number of hydrogen-bond acceptors (Lipinski definition) is 3. The fraction of sp³-hybridized carbons (Fsp3) is 0.0435. The van der Waals surface area contributed by atoms with Gasteiger partial charge in [-0.3, -0.25) is 4.79 Å². The Morgan fingerprint density at radius 2 is 1.65 bits per heavy atom. The van der Waals surface area contributed by atoms with E-state index in [1.165, 1.54) is 24.3 Å². The Morgan fingerprint density at radius 1 is 0.935 bits per heavy atom. The smallest absolute Gasteiger partial charge is 0.418 e. The van der Waals surface area contributed by atoms with Gasteiger partial charge in [-0.15, -0.1) is 0 Å². The van der Waals surface area contributed by atoms with Gasteiger partial charge in [0.1, 0.15) is 5.58 Å². The van der Waals surface area contributed by atoms with E-state index in [1.807, 2.05) is 12.1 Å². The van der Waals surface area contributed by atoms with Gasteiger partial charge in [0.2, 0.25) is 0 Å². The highest BCUT2D eigenvalue weighted by Crippen LogP contribution is 2.36. The molecule has 0 saturated carbocycles. The van der Waals surface area contributed by atoms with Gasteiger partial charge >= 0.3 is 11.8 Å². The summed E-state index contributed by atoms with van der Waals surface area (Å²) in [6.45, 7) is 0. The molecule has 1 N–H and O–H groups in total. The van der Waals surface area contributed by atoms with Crippen molar-refractivity contribution in [2.45, 2.75) is 6.18 Å². The number of anilines is 1. The zero-order chi connectivity index (χ0) is 22.2. The molecule has 0 aliphatic heterocycles. The molecule has 0 aliphatic rings. The molecule has 1 aromatic heterocycles. The summed E-state index contributed by atoms with van der Waals surface area (Å²) in [6.07, 6.45) is -4.60. The van der Waals surface area contributed by atoms with Gasteiger partial charge in [0.05, 0.1) is 16.8 Å². The van der Waals surface area contributed by atoms with Gasteiger partial charge < -0.3 is 9.73 Å². The highest BCUT2D eigenvalue weighted by molar-refractivity contribution is 14.1. The van der Waals surface area contributed by atoms with Gasteiger partial charge in [0.25, 0.3) is 5.91 Å². The van der Waals surface area contributed by atoms with Crippen molar-refractivity contribution in [1.82, 2.24) is 0 Å². The summed E-state index contributed by atoms with van der Waals surface area (Å²) in [7, 11) is 0. The second-order valence-corrected chi connectivity index (χ2v) is 7.95. The number of rotatable bonds is 3. The van der Waals surface area contributed by atoms with Crippen LogP contribution in [0.1, 0.15) is 15.9 Å². The Hall–Kier alpha value is -3.14. The molecule has 1 amide bonds. The molecule has 0 aliphatic carbocycles. The van der Waals surface area contributed by atoms with Crippen LogP contribution in [0.25, 0.3) is 22.1 Å². The lowest BCUT2D eigenvalue weighted by Crippen LogP contribution is -2.17. The number of nitrogens with one attached hydrogen (secondary N) is 1. The maximum atomic E-state index is 13.3. The van der Waals surface area contributed by atoms with Gasteiger partial charge in [-0.25, -0.2) is 4.79 Å².